The van der Waals surface area contributed by atoms with Crippen LogP contribution in [-0.4, -0.2) is 26.4 Å². The quantitative estimate of drug-likeness (QED) is 0.679. The van der Waals surface area contributed by atoms with Crippen LogP contribution in [0.4, 0.5) is 0 Å². The summed E-state index contributed by atoms with van der Waals surface area (Å²) >= 11 is 0. The Bertz CT molecular complexity index is 813. The lowest BCUT2D eigenvalue weighted by molar-refractivity contribution is 0.408. The molecule has 0 saturated carbocycles. The molecule has 3 aromatic rings. The monoisotopic (exact) mass is 368 g/mol. The molecule has 0 aliphatic heterocycles. The largest absolute Gasteiger partial charge is 0.507 e. The van der Waals surface area contributed by atoms with Gasteiger partial charge in [-0.05, 0) is 54.9 Å². The molecule has 3 rings (SSSR count). The highest BCUT2D eigenvalue weighted by atomic mass is 31.1. The molecule has 5 heteroatoms. The highest BCUT2D eigenvalue weighted by molar-refractivity contribution is 7.80. The average molecular weight is 368 g/mol. The number of hydrogen-bond donors (Lipinski definition) is 1. The first-order valence-corrected chi connectivity index (χ1v) is 9.45. The molecule has 0 atom stereocenters. The second-order valence-corrected chi connectivity index (χ2v) is 7.77. The molecule has 0 bridgehead atoms. The maximum Gasteiger partial charge on any atom is 0.127 e. The van der Waals surface area contributed by atoms with Crippen LogP contribution < -0.4 is 30.1 Å². The summed E-state index contributed by atoms with van der Waals surface area (Å²) in [5.41, 5.74) is 0. The SMILES string of the molecule is COc1ccc(P(c2ccc(OC)cc2)c2ccc(OC)cc2O)cc1. The lowest BCUT2D eigenvalue weighted by Gasteiger charge is -2.21. The van der Waals surface area contributed by atoms with E-state index in [1.165, 1.54) is 0 Å². The molecule has 0 heterocycles. The van der Waals surface area contributed by atoms with Gasteiger partial charge in [-0.2, -0.15) is 0 Å². The summed E-state index contributed by atoms with van der Waals surface area (Å²) < 4.78 is 15.8. The van der Waals surface area contributed by atoms with Gasteiger partial charge in [-0.1, -0.05) is 24.3 Å². The van der Waals surface area contributed by atoms with Crippen molar-refractivity contribution in [3.63, 3.8) is 0 Å². The van der Waals surface area contributed by atoms with Crippen LogP contribution in [0.3, 0.4) is 0 Å². The second kappa shape index (κ2) is 8.11. The van der Waals surface area contributed by atoms with Crippen LogP contribution in [0.1, 0.15) is 0 Å². The number of phenolic OH excluding ortho intramolecular Hbond substituents is 1. The maximum absolute atomic E-state index is 10.6. The standard InChI is InChI=1S/C21H21O4P/c1-23-15-4-9-18(10-5-15)26(19-11-6-16(24-2)7-12-19)21-13-8-17(25-3)14-20(21)22/h4-14,22H,1-3H3. The zero-order valence-electron chi connectivity index (χ0n) is 15.0. The molecule has 0 spiro atoms. The Morgan fingerprint density at radius 1 is 0.615 bits per heavy atom. The molecular formula is C21H21O4P. The smallest absolute Gasteiger partial charge is 0.127 e. The van der Waals surface area contributed by atoms with Crippen molar-refractivity contribution in [1.82, 2.24) is 0 Å². The molecule has 0 aliphatic carbocycles. The third kappa shape index (κ3) is 3.76. The first kappa shape index (κ1) is 18.1. The molecular weight excluding hydrogens is 347 g/mol. The number of phenols is 1. The minimum atomic E-state index is -0.936. The number of hydrogen-bond acceptors (Lipinski definition) is 4. The summed E-state index contributed by atoms with van der Waals surface area (Å²) in [5, 5.41) is 13.7. The van der Waals surface area contributed by atoms with Gasteiger partial charge in [0, 0.05) is 11.4 Å². The molecule has 3 aromatic carbocycles. The first-order valence-electron chi connectivity index (χ1n) is 8.11. The summed E-state index contributed by atoms with van der Waals surface area (Å²) in [6, 6.07) is 21.4. The van der Waals surface area contributed by atoms with Crippen molar-refractivity contribution in [3.8, 4) is 23.0 Å². The third-order valence-electron chi connectivity index (χ3n) is 4.08. The van der Waals surface area contributed by atoms with Crippen LogP contribution >= 0.6 is 7.92 Å². The fourth-order valence-corrected chi connectivity index (χ4v) is 4.98. The Hall–Kier alpha value is -2.71. The summed E-state index contributed by atoms with van der Waals surface area (Å²) in [4.78, 5) is 0. The summed E-state index contributed by atoms with van der Waals surface area (Å²) in [5.74, 6) is 2.46. The number of benzene rings is 3. The van der Waals surface area contributed by atoms with Gasteiger partial charge >= 0.3 is 0 Å². The van der Waals surface area contributed by atoms with Gasteiger partial charge in [0.15, 0.2) is 0 Å². The van der Waals surface area contributed by atoms with E-state index >= 15 is 0 Å². The van der Waals surface area contributed by atoms with E-state index < -0.39 is 7.92 Å². The van der Waals surface area contributed by atoms with Crippen molar-refractivity contribution >= 4 is 23.8 Å². The van der Waals surface area contributed by atoms with E-state index in [4.69, 9.17) is 14.2 Å². The Morgan fingerprint density at radius 2 is 1.04 bits per heavy atom. The zero-order valence-corrected chi connectivity index (χ0v) is 15.9. The van der Waals surface area contributed by atoms with Crippen LogP contribution in [0.15, 0.2) is 66.7 Å². The van der Waals surface area contributed by atoms with Crippen LogP contribution in [-0.2, 0) is 0 Å². The number of methoxy groups -OCH3 is 3. The van der Waals surface area contributed by atoms with Crippen molar-refractivity contribution in [2.45, 2.75) is 0 Å². The van der Waals surface area contributed by atoms with Crippen molar-refractivity contribution in [2.24, 2.45) is 0 Å². The van der Waals surface area contributed by atoms with Crippen LogP contribution in [0.25, 0.3) is 0 Å². The first-order chi connectivity index (χ1) is 12.7. The summed E-state index contributed by atoms with van der Waals surface area (Å²) in [6.07, 6.45) is 0. The topological polar surface area (TPSA) is 47.9 Å². The van der Waals surface area contributed by atoms with E-state index in [-0.39, 0.29) is 5.75 Å². The number of ether oxygens (including phenoxy) is 3. The molecule has 134 valence electrons. The lowest BCUT2D eigenvalue weighted by atomic mass is 10.3. The number of aromatic hydroxyl groups is 1. The van der Waals surface area contributed by atoms with E-state index in [0.29, 0.717) is 5.75 Å². The van der Waals surface area contributed by atoms with Crippen molar-refractivity contribution < 1.29 is 19.3 Å². The molecule has 26 heavy (non-hydrogen) atoms. The Kier molecular flexibility index (Phi) is 5.65. The van der Waals surface area contributed by atoms with Crippen LogP contribution in [0.2, 0.25) is 0 Å². The van der Waals surface area contributed by atoms with E-state index in [2.05, 4.69) is 0 Å². The molecule has 0 aromatic heterocycles. The number of rotatable bonds is 6. The van der Waals surface area contributed by atoms with Gasteiger partial charge in [-0.25, -0.2) is 0 Å². The minimum Gasteiger partial charge on any atom is -0.507 e. The second-order valence-electron chi connectivity index (χ2n) is 5.59. The zero-order chi connectivity index (χ0) is 18.5. The predicted molar refractivity (Wildman–Crippen MR) is 106 cm³/mol. The van der Waals surface area contributed by atoms with Crippen molar-refractivity contribution in [1.29, 1.82) is 0 Å². The average Bonchev–Trinajstić information content (AvgIpc) is 2.70. The van der Waals surface area contributed by atoms with Crippen LogP contribution in [0.5, 0.6) is 23.0 Å². The molecule has 0 saturated heterocycles. The van der Waals surface area contributed by atoms with Gasteiger partial charge in [0.05, 0.1) is 21.3 Å². The van der Waals surface area contributed by atoms with E-state index in [1.807, 2.05) is 60.7 Å². The molecule has 0 aliphatic rings. The van der Waals surface area contributed by atoms with E-state index in [9.17, 15) is 5.11 Å². The summed E-state index contributed by atoms with van der Waals surface area (Å²) in [6.45, 7) is 0. The van der Waals surface area contributed by atoms with Gasteiger partial charge < -0.3 is 19.3 Å². The Balaban J connectivity index is 2.11. The molecule has 4 nitrogen and oxygen atoms in total. The molecule has 0 amide bonds. The third-order valence-corrected chi connectivity index (χ3v) is 6.57. The highest BCUT2D eigenvalue weighted by Crippen LogP contribution is 2.38. The van der Waals surface area contributed by atoms with Gasteiger partial charge in [0.25, 0.3) is 0 Å². The van der Waals surface area contributed by atoms with Gasteiger partial charge in [0.2, 0.25) is 0 Å². The predicted octanol–water partition coefficient (Wildman–Crippen LogP) is 3.18. The van der Waals surface area contributed by atoms with Crippen molar-refractivity contribution in [3.05, 3.63) is 66.7 Å². The minimum absolute atomic E-state index is 0.224. The molecule has 1 N–H and O–H groups in total. The van der Waals surface area contributed by atoms with Crippen molar-refractivity contribution in [2.75, 3.05) is 21.3 Å². The van der Waals surface area contributed by atoms with E-state index in [1.54, 1.807) is 27.4 Å². The Labute approximate surface area is 154 Å². The van der Waals surface area contributed by atoms with Gasteiger partial charge in [0.1, 0.15) is 23.0 Å². The molecule has 0 unspecified atom stereocenters. The van der Waals surface area contributed by atoms with Crippen LogP contribution in [0, 0.1) is 0 Å². The molecule has 0 radical (unpaired) electrons. The highest BCUT2D eigenvalue weighted by Gasteiger charge is 2.20. The lowest BCUT2D eigenvalue weighted by Crippen LogP contribution is -2.21. The fourth-order valence-electron chi connectivity index (χ4n) is 2.71. The Morgan fingerprint density at radius 3 is 1.42 bits per heavy atom. The van der Waals surface area contributed by atoms with E-state index in [0.717, 1.165) is 27.4 Å². The normalized spacial score (nSPS) is 10.6. The fraction of sp³-hybridized carbons (Fsp3) is 0.143. The van der Waals surface area contributed by atoms with Gasteiger partial charge in [-0.3, -0.25) is 0 Å². The van der Waals surface area contributed by atoms with Gasteiger partial charge in [-0.15, -0.1) is 0 Å². The maximum atomic E-state index is 10.6. The molecule has 0 fully saturated rings. The summed E-state index contributed by atoms with van der Waals surface area (Å²) in [7, 11) is 3.95.